The Balaban J connectivity index is 2.12. The number of hydrogen-bond acceptors (Lipinski definition) is 3. The van der Waals surface area contributed by atoms with Crippen molar-refractivity contribution in [3.63, 3.8) is 0 Å². The molecule has 0 radical (unpaired) electrons. The van der Waals surface area contributed by atoms with Crippen molar-refractivity contribution >= 4 is 10.8 Å². The third-order valence-corrected chi connectivity index (χ3v) is 4.39. The van der Waals surface area contributed by atoms with Crippen molar-refractivity contribution < 1.29 is 14.6 Å². The summed E-state index contributed by atoms with van der Waals surface area (Å²) >= 11 is 0. The van der Waals surface area contributed by atoms with E-state index in [1.54, 1.807) is 12.1 Å². The van der Waals surface area contributed by atoms with Crippen LogP contribution < -0.4 is 0 Å². The highest BCUT2D eigenvalue weighted by Gasteiger charge is 2.49. The fourth-order valence-corrected chi connectivity index (χ4v) is 2.49. The number of rotatable bonds is 1. The minimum Gasteiger partial charge on any atom is -0.508 e. The fraction of sp³-hybridized carbons (Fsp3) is 0.412. The molecule has 2 aromatic rings. The molecule has 0 unspecified atom stereocenters. The van der Waals surface area contributed by atoms with Crippen molar-refractivity contribution in [1.29, 1.82) is 0 Å². The molecule has 0 aromatic heterocycles. The second-order valence-corrected chi connectivity index (χ2v) is 6.34. The summed E-state index contributed by atoms with van der Waals surface area (Å²) in [6.45, 7) is 8.10. The first-order valence-electron chi connectivity index (χ1n) is 6.87. The molecule has 1 aliphatic rings. The topological polar surface area (TPSA) is 38.7 Å². The maximum atomic E-state index is 9.92. The van der Waals surface area contributed by atoms with E-state index >= 15 is 0 Å². The molecule has 3 rings (SSSR count). The molecule has 0 saturated carbocycles. The van der Waals surface area contributed by atoms with Crippen molar-refractivity contribution in [2.75, 3.05) is 0 Å². The van der Waals surface area contributed by atoms with Crippen molar-refractivity contribution in [1.82, 2.24) is 0 Å². The van der Waals surface area contributed by atoms with Crippen LogP contribution in [0.5, 0.6) is 5.75 Å². The van der Waals surface area contributed by atoms with Crippen LogP contribution in [0.3, 0.4) is 0 Å². The zero-order valence-electron chi connectivity index (χ0n) is 12.3. The van der Waals surface area contributed by atoms with Gasteiger partial charge in [-0.05, 0) is 50.6 Å². The molecule has 0 spiro atoms. The molecular weight excluding hydrogens is 252 g/mol. The van der Waals surface area contributed by atoms with Crippen LogP contribution in [-0.2, 0) is 9.47 Å². The van der Waals surface area contributed by atoms with Crippen molar-refractivity contribution in [3.8, 4) is 5.75 Å². The first kappa shape index (κ1) is 13.4. The van der Waals surface area contributed by atoms with E-state index in [-0.39, 0.29) is 17.0 Å². The molecule has 2 aromatic carbocycles. The molecule has 0 bridgehead atoms. The lowest BCUT2D eigenvalue weighted by Gasteiger charge is -2.30. The molecule has 3 heteroatoms. The number of benzene rings is 2. The van der Waals surface area contributed by atoms with Gasteiger partial charge in [0.25, 0.3) is 0 Å². The fourth-order valence-electron chi connectivity index (χ4n) is 2.49. The zero-order valence-corrected chi connectivity index (χ0v) is 12.3. The predicted octanol–water partition coefficient (Wildman–Crippen LogP) is 4.15. The lowest BCUT2D eigenvalue weighted by molar-refractivity contribution is -0.0886. The molecule has 1 saturated heterocycles. The first-order chi connectivity index (χ1) is 9.30. The Labute approximate surface area is 119 Å². The molecule has 20 heavy (non-hydrogen) atoms. The number of hydrogen-bond donors (Lipinski definition) is 1. The van der Waals surface area contributed by atoms with Gasteiger partial charge in [-0.15, -0.1) is 0 Å². The minimum absolute atomic E-state index is 0.230. The van der Waals surface area contributed by atoms with Crippen LogP contribution in [-0.4, -0.2) is 16.3 Å². The Morgan fingerprint density at radius 1 is 0.950 bits per heavy atom. The molecule has 0 atom stereocenters. The van der Waals surface area contributed by atoms with Gasteiger partial charge in [0.05, 0.1) is 11.2 Å². The molecule has 0 amide bonds. The minimum atomic E-state index is -0.461. The monoisotopic (exact) mass is 272 g/mol. The maximum Gasteiger partial charge on any atom is 0.186 e. The van der Waals surface area contributed by atoms with Crippen molar-refractivity contribution in [2.45, 2.75) is 45.2 Å². The first-order valence-corrected chi connectivity index (χ1v) is 6.87. The Morgan fingerprint density at radius 2 is 1.55 bits per heavy atom. The third-order valence-electron chi connectivity index (χ3n) is 4.39. The van der Waals surface area contributed by atoms with E-state index in [0.29, 0.717) is 0 Å². The number of phenols is 1. The van der Waals surface area contributed by atoms with Gasteiger partial charge in [0.15, 0.2) is 6.29 Å². The Bertz CT molecular complexity index is 642. The molecule has 1 aliphatic heterocycles. The summed E-state index contributed by atoms with van der Waals surface area (Å²) in [6, 6.07) is 11.4. The van der Waals surface area contributed by atoms with Crippen LogP contribution >= 0.6 is 0 Å². The summed E-state index contributed by atoms with van der Waals surface area (Å²) in [7, 11) is 0. The molecule has 0 aliphatic carbocycles. The molecular formula is C17H20O3. The van der Waals surface area contributed by atoms with E-state index in [4.69, 9.17) is 9.47 Å². The quantitative estimate of drug-likeness (QED) is 0.847. The van der Waals surface area contributed by atoms with Crippen molar-refractivity contribution in [2.24, 2.45) is 0 Å². The molecule has 106 valence electrons. The van der Waals surface area contributed by atoms with Gasteiger partial charge >= 0.3 is 0 Å². The van der Waals surface area contributed by atoms with E-state index in [0.717, 1.165) is 16.3 Å². The normalized spacial score (nSPS) is 21.4. The second kappa shape index (κ2) is 4.21. The number of phenolic OH excluding ortho intramolecular Hbond substituents is 1. The Kier molecular flexibility index (Phi) is 2.82. The Morgan fingerprint density at radius 3 is 2.20 bits per heavy atom. The van der Waals surface area contributed by atoms with Crippen LogP contribution in [0.2, 0.25) is 0 Å². The van der Waals surface area contributed by atoms with Crippen molar-refractivity contribution in [3.05, 3.63) is 42.0 Å². The lowest BCUT2D eigenvalue weighted by Crippen LogP contribution is -2.41. The summed E-state index contributed by atoms with van der Waals surface area (Å²) in [5.41, 5.74) is 0.105. The SMILES string of the molecule is CC1(C)OC(c2cc(O)cc3ccccc23)OC1(C)C. The molecule has 1 N–H and O–H groups in total. The summed E-state index contributed by atoms with van der Waals surface area (Å²) in [5.74, 6) is 0.230. The van der Waals surface area contributed by atoms with E-state index in [1.807, 2.05) is 52.0 Å². The number of aromatic hydroxyl groups is 1. The number of ether oxygens (including phenoxy) is 2. The van der Waals surface area contributed by atoms with Gasteiger partial charge in [0.1, 0.15) is 5.75 Å². The Hall–Kier alpha value is -1.58. The predicted molar refractivity (Wildman–Crippen MR) is 78.7 cm³/mol. The van der Waals surface area contributed by atoms with Gasteiger partial charge in [-0.2, -0.15) is 0 Å². The summed E-state index contributed by atoms with van der Waals surface area (Å²) in [6.07, 6.45) is -0.461. The average molecular weight is 272 g/mol. The van der Waals surface area contributed by atoms with Crippen LogP contribution in [0.1, 0.15) is 39.5 Å². The molecule has 3 nitrogen and oxygen atoms in total. The molecule has 1 fully saturated rings. The second-order valence-electron chi connectivity index (χ2n) is 6.34. The molecule has 1 heterocycles. The largest absolute Gasteiger partial charge is 0.508 e. The van der Waals surface area contributed by atoms with E-state index in [2.05, 4.69) is 0 Å². The standard InChI is InChI=1S/C17H20O3/c1-16(2)17(3,4)20-15(19-16)14-10-12(18)9-11-7-5-6-8-13(11)14/h5-10,15,18H,1-4H3. The smallest absolute Gasteiger partial charge is 0.186 e. The summed E-state index contributed by atoms with van der Waals surface area (Å²) in [5, 5.41) is 11.9. The highest BCUT2D eigenvalue weighted by Crippen LogP contribution is 2.46. The lowest BCUT2D eigenvalue weighted by atomic mass is 9.90. The van der Waals surface area contributed by atoms with Gasteiger partial charge in [-0.25, -0.2) is 0 Å². The highest BCUT2D eigenvalue weighted by atomic mass is 16.7. The van der Waals surface area contributed by atoms with Crippen LogP contribution in [0.15, 0.2) is 36.4 Å². The van der Waals surface area contributed by atoms with E-state index in [9.17, 15) is 5.11 Å². The van der Waals surface area contributed by atoms with Gasteiger partial charge in [-0.1, -0.05) is 24.3 Å². The summed E-state index contributed by atoms with van der Waals surface area (Å²) in [4.78, 5) is 0. The van der Waals surface area contributed by atoms with Gasteiger partial charge in [0.2, 0.25) is 0 Å². The van der Waals surface area contributed by atoms with Gasteiger partial charge < -0.3 is 14.6 Å². The summed E-state index contributed by atoms with van der Waals surface area (Å²) < 4.78 is 12.2. The highest BCUT2D eigenvalue weighted by molar-refractivity contribution is 5.87. The van der Waals surface area contributed by atoms with E-state index < -0.39 is 6.29 Å². The maximum absolute atomic E-state index is 9.92. The zero-order chi connectivity index (χ0) is 14.5. The van der Waals surface area contributed by atoms with Gasteiger partial charge in [-0.3, -0.25) is 0 Å². The van der Waals surface area contributed by atoms with Crippen LogP contribution in [0.25, 0.3) is 10.8 Å². The third kappa shape index (κ3) is 1.98. The number of fused-ring (bicyclic) bond motifs is 1. The van der Waals surface area contributed by atoms with Crippen LogP contribution in [0, 0.1) is 0 Å². The van der Waals surface area contributed by atoms with E-state index in [1.165, 1.54) is 0 Å². The van der Waals surface area contributed by atoms with Gasteiger partial charge in [0, 0.05) is 5.56 Å². The van der Waals surface area contributed by atoms with Crippen LogP contribution in [0.4, 0.5) is 0 Å². The average Bonchev–Trinajstić information content (AvgIpc) is 2.57.